The Labute approximate surface area is 177 Å². The largest absolute Gasteiger partial charge is 0.490 e. The number of nitrogens with one attached hydrogen (secondary N) is 1. The first-order valence-electron chi connectivity index (χ1n) is 9.61. The molecule has 0 fully saturated rings. The highest BCUT2D eigenvalue weighted by Crippen LogP contribution is 2.37. The summed E-state index contributed by atoms with van der Waals surface area (Å²) < 4.78 is 9.08. The molecule has 0 radical (unpaired) electrons. The van der Waals surface area contributed by atoms with E-state index in [0.717, 1.165) is 43.7 Å². The van der Waals surface area contributed by atoms with Crippen LogP contribution in [0.1, 0.15) is 13.8 Å². The second kappa shape index (κ2) is 7.38. The van der Waals surface area contributed by atoms with Crippen molar-refractivity contribution < 1.29 is 4.74 Å². The van der Waals surface area contributed by atoms with Gasteiger partial charge < -0.3 is 10.1 Å². The summed E-state index contributed by atoms with van der Waals surface area (Å²) in [7, 11) is 1.90. The van der Waals surface area contributed by atoms with Crippen molar-refractivity contribution in [2.75, 3.05) is 5.32 Å². The molecule has 1 N–H and O–H groups in total. The van der Waals surface area contributed by atoms with Crippen LogP contribution in [0.15, 0.2) is 54.6 Å². The maximum Gasteiger partial charge on any atom is 0.145 e. The summed E-state index contributed by atoms with van der Waals surface area (Å²) in [5.74, 6) is 1.44. The van der Waals surface area contributed by atoms with Crippen molar-refractivity contribution in [3.8, 4) is 16.9 Å². The van der Waals surface area contributed by atoms with Crippen molar-refractivity contribution >= 4 is 44.0 Å². The van der Waals surface area contributed by atoms with Crippen molar-refractivity contribution in [3.63, 3.8) is 0 Å². The van der Waals surface area contributed by atoms with E-state index in [2.05, 4.69) is 31.4 Å². The van der Waals surface area contributed by atoms with Gasteiger partial charge in [-0.25, -0.2) is 15.0 Å². The lowest BCUT2D eigenvalue weighted by Gasteiger charge is -2.16. The first-order valence-corrected chi connectivity index (χ1v) is 10.5. The summed E-state index contributed by atoms with van der Waals surface area (Å²) in [6.07, 6.45) is 5.40. The van der Waals surface area contributed by atoms with Gasteiger partial charge in [0.25, 0.3) is 0 Å². The molecule has 0 aliphatic rings. The van der Waals surface area contributed by atoms with Gasteiger partial charge >= 0.3 is 0 Å². The molecule has 0 amide bonds. The fourth-order valence-electron chi connectivity index (χ4n) is 3.40. The van der Waals surface area contributed by atoms with Gasteiger partial charge in [-0.15, -0.1) is 11.3 Å². The number of hydrogen-bond donors (Lipinski definition) is 1. The van der Waals surface area contributed by atoms with E-state index in [1.807, 2.05) is 63.1 Å². The molecular formula is C22H20N6OS. The lowest BCUT2D eigenvalue weighted by Crippen LogP contribution is -2.07. The first kappa shape index (κ1) is 18.5. The molecule has 5 rings (SSSR count). The van der Waals surface area contributed by atoms with Crippen LogP contribution in [0.3, 0.4) is 0 Å². The summed E-state index contributed by atoms with van der Waals surface area (Å²) in [6.45, 7) is 4.02. The molecule has 0 saturated carbocycles. The van der Waals surface area contributed by atoms with E-state index in [1.54, 1.807) is 22.3 Å². The predicted molar refractivity (Wildman–Crippen MR) is 120 cm³/mol. The van der Waals surface area contributed by atoms with Gasteiger partial charge in [0, 0.05) is 24.5 Å². The second-order valence-electron chi connectivity index (χ2n) is 7.32. The third kappa shape index (κ3) is 3.46. The molecule has 0 aliphatic heterocycles. The maximum absolute atomic E-state index is 6.18. The summed E-state index contributed by atoms with van der Waals surface area (Å²) in [5, 5.41) is 8.57. The highest BCUT2D eigenvalue weighted by Gasteiger charge is 2.15. The zero-order chi connectivity index (χ0) is 20.7. The number of aryl methyl sites for hydroxylation is 1. The van der Waals surface area contributed by atoms with Gasteiger partial charge in [0.05, 0.1) is 38.9 Å². The number of aromatic nitrogens is 5. The molecule has 3 aromatic heterocycles. The van der Waals surface area contributed by atoms with Crippen molar-refractivity contribution in [2.24, 2.45) is 7.05 Å². The van der Waals surface area contributed by atoms with Crippen LogP contribution < -0.4 is 10.1 Å². The van der Waals surface area contributed by atoms with E-state index in [4.69, 9.17) is 4.74 Å². The fraction of sp³-hybridized carbons (Fsp3) is 0.182. The van der Waals surface area contributed by atoms with E-state index >= 15 is 0 Å². The third-order valence-corrected chi connectivity index (χ3v) is 5.49. The molecule has 0 saturated heterocycles. The van der Waals surface area contributed by atoms with Crippen LogP contribution >= 0.6 is 11.3 Å². The third-order valence-electron chi connectivity index (χ3n) is 4.70. The average Bonchev–Trinajstić information content (AvgIpc) is 3.36. The van der Waals surface area contributed by atoms with Crippen molar-refractivity contribution in [3.05, 3.63) is 54.6 Å². The van der Waals surface area contributed by atoms with Crippen LogP contribution in [-0.4, -0.2) is 30.8 Å². The van der Waals surface area contributed by atoms with Crippen LogP contribution in [-0.2, 0) is 7.05 Å². The predicted octanol–water partition coefficient (Wildman–Crippen LogP) is 5.17. The highest BCUT2D eigenvalue weighted by molar-refractivity contribution is 7.16. The zero-order valence-corrected chi connectivity index (χ0v) is 17.6. The number of benzene rings is 2. The number of anilines is 2. The SMILES string of the molecule is CC(C)Oc1cc(-c2cnn(C)c2)cc2ncnc(Nc3ccc4ncsc4c3)c12. The molecule has 0 spiro atoms. The Bertz CT molecular complexity index is 1360. The molecule has 0 aliphatic carbocycles. The lowest BCUT2D eigenvalue weighted by molar-refractivity contribution is 0.245. The summed E-state index contributed by atoms with van der Waals surface area (Å²) in [6, 6.07) is 10.2. The quantitative estimate of drug-likeness (QED) is 0.426. The van der Waals surface area contributed by atoms with Crippen molar-refractivity contribution in [2.45, 2.75) is 20.0 Å². The minimum absolute atomic E-state index is 0.0129. The smallest absolute Gasteiger partial charge is 0.145 e. The molecule has 3 heterocycles. The molecule has 8 heteroatoms. The number of thiazole rings is 1. The van der Waals surface area contributed by atoms with Gasteiger partial charge in [-0.05, 0) is 49.7 Å². The first-order chi connectivity index (χ1) is 14.6. The lowest BCUT2D eigenvalue weighted by atomic mass is 10.1. The highest BCUT2D eigenvalue weighted by atomic mass is 32.1. The molecular weight excluding hydrogens is 396 g/mol. The van der Waals surface area contributed by atoms with Gasteiger partial charge in [-0.2, -0.15) is 5.10 Å². The zero-order valence-electron chi connectivity index (χ0n) is 16.8. The van der Waals surface area contributed by atoms with E-state index in [-0.39, 0.29) is 6.10 Å². The van der Waals surface area contributed by atoms with E-state index in [1.165, 1.54) is 0 Å². The average molecular weight is 417 g/mol. The number of ether oxygens (including phenoxy) is 1. The summed E-state index contributed by atoms with van der Waals surface area (Å²) >= 11 is 1.61. The van der Waals surface area contributed by atoms with Gasteiger partial charge in [0.1, 0.15) is 17.9 Å². The monoisotopic (exact) mass is 416 g/mol. The van der Waals surface area contributed by atoms with Crippen molar-refractivity contribution in [1.82, 2.24) is 24.7 Å². The Balaban J connectivity index is 1.64. The topological polar surface area (TPSA) is 77.8 Å². The Morgan fingerprint density at radius 3 is 2.73 bits per heavy atom. The number of rotatable bonds is 5. The molecule has 0 atom stereocenters. The second-order valence-corrected chi connectivity index (χ2v) is 8.21. The maximum atomic E-state index is 6.18. The van der Waals surface area contributed by atoms with Crippen LogP contribution in [0.25, 0.3) is 32.2 Å². The number of hydrogen-bond acceptors (Lipinski definition) is 7. The molecule has 5 aromatic rings. The molecule has 150 valence electrons. The Kier molecular flexibility index (Phi) is 4.55. The summed E-state index contributed by atoms with van der Waals surface area (Å²) in [4.78, 5) is 13.4. The molecule has 2 aromatic carbocycles. The Morgan fingerprint density at radius 1 is 1.03 bits per heavy atom. The minimum atomic E-state index is 0.0129. The normalized spacial score (nSPS) is 11.5. The summed E-state index contributed by atoms with van der Waals surface area (Å²) in [5.41, 5.74) is 6.60. The van der Waals surface area contributed by atoms with Crippen molar-refractivity contribution in [1.29, 1.82) is 0 Å². The number of fused-ring (bicyclic) bond motifs is 2. The Morgan fingerprint density at radius 2 is 1.93 bits per heavy atom. The molecule has 0 unspecified atom stereocenters. The molecule has 30 heavy (non-hydrogen) atoms. The van der Waals surface area contributed by atoms with Gasteiger partial charge in [0.2, 0.25) is 0 Å². The minimum Gasteiger partial charge on any atom is -0.490 e. The van der Waals surface area contributed by atoms with Gasteiger partial charge in [0.15, 0.2) is 0 Å². The number of nitrogens with zero attached hydrogens (tertiary/aromatic N) is 5. The Hall–Kier alpha value is -3.52. The fourth-order valence-corrected chi connectivity index (χ4v) is 4.12. The molecule has 7 nitrogen and oxygen atoms in total. The van der Waals surface area contributed by atoms with Gasteiger partial charge in [-0.3, -0.25) is 4.68 Å². The van der Waals surface area contributed by atoms with Gasteiger partial charge in [-0.1, -0.05) is 0 Å². The van der Waals surface area contributed by atoms with Crippen LogP contribution in [0, 0.1) is 0 Å². The van der Waals surface area contributed by atoms with Crippen LogP contribution in [0.2, 0.25) is 0 Å². The van der Waals surface area contributed by atoms with E-state index < -0.39 is 0 Å². The standard InChI is InChI=1S/C22H20N6OS/c1-13(2)29-19-7-14(15-9-26-28(3)10-15)6-18-21(19)22(24-11-23-18)27-16-4-5-17-20(8-16)30-12-25-17/h4-13H,1-3H3,(H,23,24,27). The van der Waals surface area contributed by atoms with E-state index in [0.29, 0.717) is 5.82 Å². The molecule has 0 bridgehead atoms. The van der Waals surface area contributed by atoms with E-state index in [9.17, 15) is 0 Å². The van der Waals surface area contributed by atoms with Crippen LogP contribution in [0.4, 0.5) is 11.5 Å². The van der Waals surface area contributed by atoms with Crippen LogP contribution in [0.5, 0.6) is 5.75 Å².